The standard InChI is InChI=1S/C20H23N9O2S.ClH/c1-28-20(23-25-26-28)32-12-6-11-21-14-15-9-10-17(18(13-15)30-2)31-19-22-24-27-29(19)16-7-4-3-5-8-16;/h3-5,7-10,13,21H,6,11-12,14H2,1-2H3;1H. The van der Waals surface area contributed by atoms with Crippen molar-refractivity contribution >= 4 is 24.2 Å². The van der Waals surface area contributed by atoms with Gasteiger partial charge in [0.25, 0.3) is 0 Å². The van der Waals surface area contributed by atoms with Gasteiger partial charge < -0.3 is 14.8 Å². The molecule has 0 fully saturated rings. The maximum atomic E-state index is 5.94. The van der Waals surface area contributed by atoms with E-state index in [1.807, 2.05) is 55.6 Å². The second-order valence-corrected chi connectivity index (χ2v) is 7.82. The van der Waals surface area contributed by atoms with E-state index in [2.05, 4.69) is 36.4 Å². The highest BCUT2D eigenvalue weighted by Crippen LogP contribution is 2.32. The van der Waals surface area contributed by atoms with E-state index in [1.165, 1.54) is 4.68 Å². The van der Waals surface area contributed by atoms with Gasteiger partial charge in [0.2, 0.25) is 5.16 Å². The molecule has 13 heteroatoms. The normalized spacial score (nSPS) is 10.6. The topological polar surface area (TPSA) is 118 Å². The number of hydrogen-bond donors (Lipinski definition) is 1. The summed E-state index contributed by atoms with van der Waals surface area (Å²) >= 11 is 1.64. The quantitative estimate of drug-likeness (QED) is 0.249. The Morgan fingerprint density at radius 2 is 1.82 bits per heavy atom. The van der Waals surface area contributed by atoms with Crippen molar-refractivity contribution in [2.24, 2.45) is 7.05 Å². The Morgan fingerprint density at radius 1 is 1.00 bits per heavy atom. The number of nitrogens with zero attached hydrogens (tertiary/aromatic N) is 8. The highest BCUT2D eigenvalue weighted by Gasteiger charge is 2.14. The fourth-order valence-electron chi connectivity index (χ4n) is 2.92. The number of benzene rings is 2. The van der Waals surface area contributed by atoms with Crippen LogP contribution in [0.1, 0.15) is 12.0 Å². The van der Waals surface area contributed by atoms with E-state index in [4.69, 9.17) is 9.47 Å². The Bertz CT molecular complexity index is 1140. The van der Waals surface area contributed by atoms with Gasteiger partial charge in [-0.3, -0.25) is 0 Å². The molecule has 4 rings (SSSR count). The third-order valence-corrected chi connectivity index (χ3v) is 5.61. The van der Waals surface area contributed by atoms with Gasteiger partial charge in [-0.1, -0.05) is 41.1 Å². The van der Waals surface area contributed by atoms with Crippen LogP contribution >= 0.6 is 24.2 Å². The van der Waals surface area contributed by atoms with Crippen LogP contribution in [-0.4, -0.2) is 59.8 Å². The molecule has 2 heterocycles. The van der Waals surface area contributed by atoms with Crippen molar-refractivity contribution < 1.29 is 9.47 Å². The number of aromatic nitrogens is 8. The molecule has 11 nitrogen and oxygen atoms in total. The molecule has 174 valence electrons. The van der Waals surface area contributed by atoms with Crippen LogP contribution in [0.25, 0.3) is 5.69 Å². The molecule has 0 saturated heterocycles. The summed E-state index contributed by atoms with van der Waals surface area (Å²) in [5, 5.41) is 27.4. The minimum atomic E-state index is 0. The average molecular weight is 490 g/mol. The Hall–Kier alpha value is -3.22. The van der Waals surface area contributed by atoms with Crippen molar-refractivity contribution in [1.29, 1.82) is 0 Å². The third kappa shape index (κ3) is 6.40. The summed E-state index contributed by atoms with van der Waals surface area (Å²) < 4.78 is 14.7. The van der Waals surface area contributed by atoms with E-state index < -0.39 is 0 Å². The number of halogens is 1. The van der Waals surface area contributed by atoms with E-state index in [9.17, 15) is 0 Å². The first-order valence-electron chi connectivity index (χ1n) is 9.99. The van der Waals surface area contributed by atoms with Crippen LogP contribution in [0.4, 0.5) is 0 Å². The number of hydrogen-bond acceptors (Lipinski definition) is 10. The van der Waals surface area contributed by atoms with Crippen LogP contribution in [0, 0.1) is 0 Å². The first-order chi connectivity index (χ1) is 15.7. The van der Waals surface area contributed by atoms with Crippen molar-refractivity contribution in [3.8, 4) is 23.2 Å². The van der Waals surface area contributed by atoms with Crippen molar-refractivity contribution in [1.82, 2.24) is 45.7 Å². The van der Waals surface area contributed by atoms with Gasteiger partial charge in [0.05, 0.1) is 12.8 Å². The van der Waals surface area contributed by atoms with Gasteiger partial charge >= 0.3 is 6.01 Å². The molecular formula is C20H24ClN9O2S. The van der Waals surface area contributed by atoms with E-state index in [1.54, 1.807) is 23.6 Å². The predicted molar refractivity (Wildman–Crippen MR) is 125 cm³/mol. The fraction of sp³-hybridized carbons (Fsp3) is 0.300. The summed E-state index contributed by atoms with van der Waals surface area (Å²) in [6.07, 6.45) is 0.998. The second kappa shape index (κ2) is 12.1. The van der Waals surface area contributed by atoms with Crippen molar-refractivity contribution in [3.05, 3.63) is 54.1 Å². The SMILES string of the molecule is COc1cc(CNCCCSc2nnnn2C)ccc1Oc1nnnn1-c1ccccc1.Cl. The maximum Gasteiger partial charge on any atom is 0.346 e. The Labute approximate surface area is 201 Å². The van der Waals surface area contributed by atoms with Gasteiger partial charge in [0.1, 0.15) is 0 Å². The van der Waals surface area contributed by atoms with E-state index in [0.717, 1.165) is 35.1 Å². The molecule has 1 N–H and O–H groups in total. The first-order valence-corrected chi connectivity index (χ1v) is 11.0. The number of tetrazole rings is 2. The minimum absolute atomic E-state index is 0. The summed E-state index contributed by atoms with van der Waals surface area (Å²) in [6, 6.07) is 15.6. The van der Waals surface area contributed by atoms with Crippen molar-refractivity contribution in [2.75, 3.05) is 19.4 Å². The van der Waals surface area contributed by atoms with Gasteiger partial charge in [-0.2, -0.15) is 4.68 Å². The minimum Gasteiger partial charge on any atom is -0.493 e. The molecule has 0 bridgehead atoms. The molecule has 2 aromatic carbocycles. The molecule has 2 aromatic heterocycles. The molecule has 0 aliphatic rings. The van der Waals surface area contributed by atoms with E-state index in [0.29, 0.717) is 18.0 Å². The molecule has 0 unspecified atom stereocenters. The predicted octanol–water partition coefficient (Wildman–Crippen LogP) is 2.68. The summed E-state index contributed by atoms with van der Waals surface area (Å²) in [5.41, 5.74) is 1.89. The van der Waals surface area contributed by atoms with Crippen LogP contribution in [0.15, 0.2) is 53.7 Å². The highest BCUT2D eigenvalue weighted by atomic mass is 35.5. The zero-order valence-electron chi connectivity index (χ0n) is 18.2. The van der Waals surface area contributed by atoms with Gasteiger partial charge in [0.15, 0.2) is 11.5 Å². The van der Waals surface area contributed by atoms with Crippen molar-refractivity contribution in [2.45, 2.75) is 18.1 Å². The van der Waals surface area contributed by atoms with Crippen LogP contribution in [0.5, 0.6) is 17.5 Å². The molecule has 0 aliphatic carbocycles. The van der Waals surface area contributed by atoms with Crippen LogP contribution < -0.4 is 14.8 Å². The zero-order valence-corrected chi connectivity index (χ0v) is 19.8. The summed E-state index contributed by atoms with van der Waals surface area (Å²) in [7, 11) is 3.45. The van der Waals surface area contributed by atoms with Crippen LogP contribution in [0.3, 0.4) is 0 Å². The molecule has 0 radical (unpaired) electrons. The number of thioether (sulfide) groups is 1. The lowest BCUT2D eigenvalue weighted by Crippen LogP contribution is -2.15. The molecule has 33 heavy (non-hydrogen) atoms. The fourth-order valence-corrected chi connectivity index (χ4v) is 3.70. The lowest BCUT2D eigenvalue weighted by Gasteiger charge is -2.12. The molecular weight excluding hydrogens is 466 g/mol. The van der Waals surface area contributed by atoms with Crippen LogP contribution in [0.2, 0.25) is 0 Å². The summed E-state index contributed by atoms with van der Waals surface area (Å²) in [6.45, 7) is 1.60. The molecule has 0 saturated carbocycles. The zero-order chi connectivity index (χ0) is 22.2. The largest absolute Gasteiger partial charge is 0.493 e. The molecule has 0 aliphatic heterocycles. The average Bonchev–Trinajstić information content (AvgIpc) is 3.46. The lowest BCUT2D eigenvalue weighted by molar-refractivity contribution is 0.362. The maximum absolute atomic E-state index is 5.94. The summed E-state index contributed by atoms with van der Waals surface area (Å²) in [5.74, 6) is 2.09. The number of ether oxygens (including phenoxy) is 2. The number of methoxy groups -OCH3 is 1. The summed E-state index contributed by atoms with van der Waals surface area (Å²) in [4.78, 5) is 0. The van der Waals surface area contributed by atoms with Gasteiger partial charge in [-0.05, 0) is 63.6 Å². The molecule has 4 aromatic rings. The Balaban J connectivity index is 0.00000306. The highest BCUT2D eigenvalue weighted by molar-refractivity contribution is 7.99. The smallest absolute Gasteiger partial charge is 0.346 e. The monoisotopic (exact) mass is 489 g/mol. The molecule has 0 amide bonds. The van der Waals surface area contributed by atoms with E-state index in [-0.39, 0.29) is 18.4 Å². The number of aryl methyl sites for hydroxylation is 1. The molecule has 0 atom stereocenters. The Morgan fingerprint density at radius 3 is 2.58 bits per heavy atom. The lowest BCUT2D eigenvalue weighted by atomic mass is 10.2. The van der Waals surface area contributed by atoms with Crippen molar-refractivity contribution in [3.63, 3.8) is 0 Å². The van der Waals surface area contributed by atoms with Gasteiger partial charge in [0, 0.05) is 19.3 Å². The van der Waals surface area contributed by atoms with Gasteiger partial charge in [-0.15, -0.1) is 17.5 Å². The number of nitrogens with one attached hydrogen (secondary N) is 1. The Kier molecular flexibility index (Phi) is 8.98. The number of para-hydroxylation sites is 1. The second-order valence-electron chi connectivity index (χ2n) is 6.76. The van der Waals surface area contributed by atoms with Crippen LogP contribution in [-0.2, 0) is 13.6 Å². The van der Waals surface area contributed by atoms with Gasteiger partial charge in [-0.25, -0.2) is 4.68 Å². The third-order valence-electron chi connectivity index (χ3n) is 4.51. The number of rotatable bonds is 11. The molecule has 0 spiro atoms. The van der Waals surface area contributed by atoms with E-state index >= 15 is 0 Å². The first kappa shape index (κ1) is 24.4.